The molecule has 0 amide bonds. The van der Waals surface area contributed by atoms with Crippen molar-refractivity contribution in [2.45, 2.75) is 20.4 Å². The Morgan fingerprint density at radius 1 is 1.36 bits per heavy atom. The maximum Gasteiger partial charge on any atom is 0.115 e. The quantitative estimate of drug-likeness (QED) is 0.679. The van der Waals surface area contributed by atoms with E-state index in [0.717, 1.165) is 17.9 Å². The van der Waals surface area contributed by atoms with Gasteiger partial charge in [-0.05, 0) is 26.5 Å². The summed E-state index contributed by atoms with van der Waals surface area (Å²) in [5.74, 6) is 0. The molecule has 60 valence electrons. The molecule has 0 radical (unpaired) electrons. The molecule has 0 bridgehead atoms. The van der Waals surface area contributed by atoms with E-state index in [-0.39, 0.29) is 0 Å². The molecule has 0 saturated heterocycles. The summed E-state index contributed by atoms with van der Waals surface area (Å²) >= 11 is 0. The first-order chi connectivity index (χ1) is 5.25. The van der Waals surface area contributed by atoms with E-state index >= 15 is 0 Å². The Morgan fingerprint density at radius 3 is 2.73 bits per heavy atom. The lowest BCUT2D eigenvalue weighted by molar-refractivity contribution is 0.773. The first kappa shape index (κ1) is 8.14. The molecule has 0 saturated carbocycles. The Labute approximate surface area is 66.9 Å². The van der Waals surface area contributed by atoms with Crippen LogP contribution in [0.25, 0.3) is 0 Å². The van der Waals surface area contributed by atoms with Crippen molar-refractivity contribution < 1.29 is 0 Å². The van der Waals surface area contributed by atoms with Crippen LogP contribution in [0.5, 0.6) is 0 Å². The first-order valence-corrected chi connectivity index (χ1v) is 3.67. The maximum atomic E-state index is 4.16. The van der Waals surface area contributed by atoms with Gasteiger partial charge in [0, 0.05) is 12.2 Å². The van der Waals surface area contributed by atoms with Gasteiger partial charge >= 0.3 is 0 Å². The molecule has 3 heteroatoms. The lowest BCUT2D eigenvalue weighted by atomic mass is 10.2. The number of hydrogen-bond donors (Lipinski definition) is 1. The molecular weight excluding hydrogens is 138 g/mol. The molecule has 0 aliphatic rings. The van der Waals surface area contributed by atoms with Gasteiger partial charge in [-0.3, -0.25) is 0 Å². The van der Waals surface area contributed by atoms with Gasteiger partial charge in [0.15, 0.2) is 0 Å². The van der Waals surface area contributed by atoms with Crippen LogP contribution in [0, 0.1) is 13.8 Å². The van der Waals surface area contributed by atoms with Crippen LogP contribution >= 0.6 is 0 Å². The fourth-order valence-corrected chi connectivity index (χ4v) is 0.933. The Hall–Kier alpha value is -0.960. The van der Waals surface area contributed by atoms with Crippen molar-refractivity contribution in [1.82, 2.24) is 15.3 Å². The van der Waals surface area contributed by atoms with Crippen LogP contribution in [-0.4, -0.2) is 17.0 Å². The van der Waals surface area contributed by atoms with Gasteiger partial charge in [0.05, 0.1) is 5.69 Å². The summed E-state index contributed by atoms with van der Waals surface area (Å²) in [5, 5.41) is 3.06. The van der Waals surface area contributed by atoms with Crippen molar-refractivity contribution in [3.05, 3.63) is 23.3 Å². The number of aromatic nitrogens is 2. The van der Waals surface area contributed by atoms with E-state index in [4.69, 9.17) is 0 Å². The summed E-state index contributed by atoms with van der Waals surface area (Å²) in [7, 11) is 1.91. The van der Waals surface area contributed by atoms with Gasteiger partial charge in [0.2, 0.25) is 0 Å². The predicted molar refractivity (Wildman–Crippen MR) is 44.3 cm³/mol. The minimum absolute atomic E-state index is 0.815. The number of nitrogens with one attached hydrogen (secondary N) is 1. The Bertz CT molecular complexity index is 245. The molecule has 1 N–H and O–H groups in total. The second-order valence-corrected chi connectivity index (χ2v) is 2.56. The van der Waals surface area contributed by atoms with E-state index in [1.54, 1.807) is 6.33 Å². The maximum absolute atomic E-state index is 4.16. The Kier molecular flexibility index (Phi) is 2.54. The first-order valence-electron chi connectivity index (χ1n) is 3.67. The normalized spacial score (nSPS) is 10.1. The molecule has 0 fully saturated rings. The van der Waals surface area contributed by atoms with E-state index in [0.29, 0.717) is 0 Å². The zero-order chi connectivity index (χ0) is 8.27. The molecule has 11 heavy (non-hydrogen) atoms. The van der Waals surface area contributed by atoms with Gasteiger partial charge in [-0.15, -0.1) is 0 Å². The van der Waals surface area contributed by atoms with Crippen molar-refractivity contribution in [2.75, 3.05) is 7.05 Å². The number of hydrogen-bond acceptors (Lipinski definition) is 3. The van der Waals surface area contributed by atoms with Gasteiger partial charge in [-0.1, -0.05) is 0 Å². The van der Waals surface area contributed by atoms with Gasteiger partial charge in [0.25, 0.3) is 0 Å². The van der Waals surface area contributed by atoms with Crippen LogP contribution in [0.15, 0.2) is 6.33 Å². The zero-order valence-corrected chi connectivity index (χ0v) is 7.18. The summed E-state index contributed by atoms with van der Waals surface area (Å²) in [4.78, 5) is 8.24. The van der Waals surface area contributed by atoms with Crippen molar-refractivity contribution in [1.29, 1.82) is 0 Å². The summed E-state index contributed by atoms with van der Waals surface area (Å²) in [6.45, 7) is 4.85. The second kappa shape index (κ2) is 3.44. The topological polar surface area (TPSA) is 37.8 Å². The lowest BCUT2D eigenvalue weighted by Gasteiger charge is -2.04. The second-order valence-electron chi connectivity index (χ2n) is 2.56. The predicted octanol–water partition coefficient (Wildman–Crippen LogP) is 0.813. The van der Waals surface area contributed by atoms with Crippen LogP contribution in [0.2, 0.25) is 0 Å². The highest BCUT2D eigenvalue weighted by atomic mass is 14.9. The molecule has 0 spiro atoms. The fraction of sp³-hybridized carbons (Fsp3) is 0.500. The van der Waals surface area contributed by atoms with Gasteiger partial charge in [0.1, 0.15) is 6.33 Å². The molecule has 0 aromatic carbocycles. The number of rotatable bonds is 2. The van der Waals surface area contributed by atoms with Crippen LogP contribution < -0.4 is 5.32 Å². The zero-order valence-electron chi connectivity index (χ0n) is 7.18. The molecule has 0 aliphatic carbocycles. The number of aryl methyl sites for hydroxylation is 1. The third kappa shape index (κ3) is 1.74. The number of nitrogens with zero attached hydrogens (tertiary/aromatic N) is 2. The molecule has 1 rings (SSSR count). The largest absolute Gasteiger partial charge is 0.314 e. The van der Waals surface area contributed by atoms with Crippen molar-refractivity contribution in [2.24, 2.45) is 0 Å². The van der Waals surface area contributed by atoms with Crippen LogP contribution in [-0.2, 0) is 6.54 Å². The average molecular weight is 151 g/mol. The summed E-state index contributed by atoms with van der Waals surface area (Å²) in [5.41, 5.74) is 3.33. The Balaban J connectivity index is 2.96. The van der Waals surface area contributed by atoms with E-state index in [1.807, 2.05) is 20.9 Å². The molecule has 0 aliphatic heterocycles. The monoisotopic (exact) mass is 151 g/mol. The standard InChI is InChI=1S/C8H13N3/c1-6-7(2)10-5-11-8(6)4-9-3/h5,9H,4H2,1-3H3. The third-order valence-corrected chi connectivity index (χ3v) is 1.78. The SMILES string of the molecule is CNCc1ncnc(C)c1C. The summed E-state index contributed by atoms with van der Waals surface area (Å²) < 4.78 is 0. The highest BCUT2D eigenvalue weighted by molar-refractivity contribution is 5.21. The minimum Gasteiger partial charge on any atom is -0.314 e. The molecule has 1 aromatic rings. The van der Waals surface area contributed by atoms with Gasteiger partial charge in [-0.25, -0.2) is 9.97 Å². The third-order valence-electron chi connectivity index (χ3n) is 1.78. The van der Waals surface area contributed by atoms with Gasteiger partial charge < -0.3 is 5.32 Å². The molecule has 3 nitrogen and oxygen atoms in total. The fourth-order valence-electron chi connectivity index (χ4n) is 0.933. The Morgan fingerprint density at radius 2 is 2.09 bits per heavy atom. The molecule has 0 unspecified atom stereocenters. The minimum atomic E-state index is 0.815. The average Bonchev–Trinajstić information content (AvgIpc) is 1.99. The molecule has 1 heterocycles. The summed E-state index contributed by atoms with van der Waals surface area (Å²) in [6.07, 6.45) is 1.61. The highest BCUT2D eigenvalue weighted by Crippen LogP contribution is 2.05. The molecule has 0 atom stereocenters. The van der Waals surface area contributed by atoms with Crippen LogP contribution in [0.3, 0.4) is 0 Å². The van der Waals surface area contributed by atoms with E-state index in [2.05, 4.69) is 15.3 Å². The molecule has 1 aromatic heterocycles. The van der Waals surface area contributed by atoms with Crippen LogP contribution in [0.4, 0.5) is 0 Å². The van der Waals surface area contributed by atoms with Crippen molar-refractivity contribution in [3.8, 4) is 0 Å². The van der Waals surface area contributed by atoms with Gasteiger partial charge in [-0.2, -0.15) is 0 Å². The smallest absolute Gasteiger partial charge is 0.115 e. The molecular formula is C8H13N3. The summed E-state index contributed by atoms with van der Waals surface area (Å²) in [6, 6.07) is 0. The van der Waals surface area contributed by atoms with E-state index in [1.165, 1.54) is 5.56 Å². The van der Waals surface area contributed by atoms with Crippen molar-refractivity contribution >= 4 is 0 Å². The van der Waals surface area contributed by atoms with E-state index < -0.39 is 0 Å². The van der Waals surface area contributed by atoms with E-state index in [9.17, 15) is 0 Å². The van der Waals surface area contributed by atoms with Crippen molar-refractivity contribution in [3.63, 3.8) is 0 Å². The highest BCUT2D eigenvalue weighted by Gasteiger charge is 2.00. The van der Waals surface area contributed by atoms with Crippen LogP contribution in [0.1, 0.15) is 17.0 Å². The lowest BCUT2D eigenvalue weighted by Crippen LogP contribution is -2.09.